The number of aromatic nitrogens is 4. The van der Waals surface area contributed by atoms with E-state index in [2.05, 4.69) is 32.1 Å². The van der Waals surface area contributed by atoms with Crippen molar-refractivity contribution in [2.45, 2.75) is 32.0 Å². The number of thiazole rings is 1. The minimum atomic E-state index is -4.55. The normalized spacial score (nSPS) is 19.4. The molecule has 1 saturated carbocycles. The lowest BCUT2D eigenvalue weighted by molar-refractivity contribution is -0.141. The topological polar surface area (TPSA) is 76.0 Å². The first-order chi connectivity index (χ1) is 12.7. The van der Waals surface area contributed by atoms with E-state index in [-0.39, 0.29) is 28.5 Å². The Morgan fingerprint density at radius 3 is 2.78 bits per heavy atom. The molecule has 2 unspecified atom stereocenters. The molecule has 11 heteroatoms. The van der Waals surface area contributed by atoms with Crippen LogP contribution in [0.4, 0.5) is 13.2 Å². The lowest BCUT2D eigenvalue weighted by Gasteiger charge is -2.05. The third-order valence-electron chi connectivity index (χ3n) is 4.43. The van der Waals surface area contributed by atoms with Gasteiger partial charge in [0.05, 0.1) is 24.2 Å². The first-order valence-corrected chi connectivity index (χ1v) is 9.52. The van der Waals surface area contributed by atoms with E-state index < -0.39 is 11.9 Å². The summed E-state index contributed by atoms with van der Waals surface area (Å²) in [5.41, 5.74) is -0.196. The van der Waals surface area contributed by atoms with Gasteiger partial charge in [-0.2, -0.15) is 23.5 Å². The van der Waals surface area contributed by atoms with Crippen molar-refractivity contribution in [2.75, 3.05) is 0 Å². The lowest BCUT2D eigenvalue weighted by atomic mass is 10.2. The highest BCUT2D eigenvalue weighted by Gasteiger charge is 2.42. The average Bonchev–Trinajstić information content (AvgIpc) is 3.13. The van der Waals surface area contributed by atoms with Gasteiger partial charge in [0, 0.05) is 28.6 Å². The van der Waals surface area contributed by atoms with Crippen LogP contribution in [-0.2, 0) is 12.7 Å². The van der Waals surface area contributed by atoms with E-state index in [1.54, 1.807) is 0 Å². The molecule has 0 radical (unpaired) electrons. The van der Waals surface area contributed by atoms with Crippen LogP contribution in [0, 0.1) is 24.2 Å². The number of fused-ring (bicyclic) bond motifs is 1. The maximum Gasteiger partial charge on any atom is 0.435 e. The van der Waals surface area contributed by atoms with E-state index in [4.69, 9.17) is 5.26 Å². The molecule has 0 saturated heterocycles. The van der Waals surface area contributed by atoms with E-state index in [0.717, 1.165) is 27.7 Å². The van der Waals surface area contributed by atoms with Crippen LogP contribution in [0.3, 0.4) is 0 Å². The highest BCUT2D eigenvalue weighted by atomic mass is 79.9. The van der Waals surface area contributed by atoms with Crippen LogP contribution in [0.25, 0.3) is 4.96 Å². The molecule has 1 aliphatic rings. The molecule has 1 fully saturated rings. The second kappa shape index (κ2) is 6.17. The minimum Gasteiger partial charge on any atom is -0.269 e. The quantitative estimate of drug-likeness (QED) is 0.600. The fourth-order valence-electron chi connectivity index (χ4n) is 3.09. The number of alkyl halides is 3. The van der Waals surface area contributed by atoms with Crippen LogP contribution < -0.4 is 5.56 Å². The number of nitriles is 1. The number of hydrogen-bond acceptors (Lipinski definition) is 5. The molecule has 3 aromatic rings. The van der Waals surface area contributed by atoms with Gasteiger partial charge in [-0.1, -0.05) is 0 Å². The zero-order chi connectivity index (χ0) is 19.5. The predicted octanol–water partition coefficient (Wildman–Crippen LogP) is 3.72. The molecule has 6 nitrogen and oxygen atoms in total. The Labute approximate surface area is 163 Å². The summed E-state index contributed by atoms with van der Waals surface area (Å²) >= 11 is 4.39. The largest absolute Gasteiger partial charge is 0.435 e. The van der Waals surface area contributed by atoms with Crippen molar-refractivity contribution in [3.63, 3.8) is 0 Å². The Balaban J connectivity index is 1.72. The third-order valence-corrected chi connectivity index (χ3v) is 6.04. The maximum absolute atomic E-state index is 12.8. The summed E-state index contributed by atoms with van der Waals surface area (Å²) in [6.07, 6.45) is -3.83. The van der Waals surface area contributed by atoms with Gasteiger partial charge < -0.3 is 0 Å². The molecule has 0 N–H and O–H groups in total. The molecule has 3 heterocycles. The summed E-state index contributed by atoms with van der Waals surface area (Å²) < 4.78 is 41.1. The molecular weight excluding hydrogens is 447 g/mol. The zero-order valence-corrected chi connectivity index (χ0v) is 16.2. The number of aryl methyl sites for hydroxylation is 1. The SMILES string of the molecule is Cc1sc2nc(Cn3nc(C(F)(F)F)cc3Br)cc(=O)n2c1C1CC1C#N. The van der Waals surface area contributed by atoms with Crippen LogP contribution in [0.1, 0.15) is 34.3 Å². The van der Waals surface area contributed by atoms with Crippen LogP contribution in [-0.4, -0.2) is 19.2 Å². The predicted molar refractivity (Wildman–Crippen MR) is 94.6 cm³/mol. The summed E-state index contributed by atoms with van der Waals surface area (Å²) in [4.78, 5) is 18.4. The number of rotatable bonds is 3. The molecule has 4 rings (SSSR count). The molecule has 3 aromatic heterocycles. The molecule has 0 bridgehead atoms. The Morgan fingerprint density at radius 2 is 2.19 bits per heavy atom. The highest BCUT2D eigenvalue weighted by Crippen LogP contribution is 2.49. The van der Waals surface area contributed by atoms with Gasteiger partial charge in [-0.15, -0.1) is 11.3 Å². The van der Waals surface area contributed by atoms with Gasteiger partial charge in [0.2, 0.25) is 0 Å². The second-order valence-corrected chi connectivity index (χ2v) is 8.33. The molecule has 1 aliphatic carbocycles. The summed E-state index contributed by atoms with van der Waals surface area (Å²) in [5, 5.41) is 12.6. The van der Waals surface area contributed by atoms with Crippen molar-refractivity contribution < 1.29 is 13.2 Å². The van der Waals surface area contributed by atoms with Gasteiger partial charge in [-0.25, -0.2) is 4.98 Å². The molecule has 0 aliphatic heterocycles. The monoisotopic (exact) mass is 457 g/mol. The average molecular weight is 458 g/mol. The molecule has 2 atom stereocenters. The summed E-state index contributed by atoms with van der Waals surface area (Å²) in [6.45, 7) is 1.80. The first-order valence-electron chi connectivity index (χ1n) is 7.91. The van der Waals surface area contributed by atoms with Crippen LogP contribution >= 0.6 is 27.3 Å². The second-order valence-electron chi connectivity index (χ2n) is 6.33. The Hall–Kier alpha value is -2.19. The van der Waals surface area contributed by atoms with Crippen molar-refractivity contribution in [1.29, 1.82) is 5.26 Å². The number of halogens is 4. The molecular formula is C16H11BrF3N5OS. The van der Waals surface area contributed by atoms with Crippen molar-refractivity contribution >= 4 is 32.2 Å². The first kappa shape index (κ1) is 18.2. The van der Waals surface area contributed by atoms with Crippen molar-refractivity contribution in [1.82, 2.24) is 19.2 Å². The van der Waals surface area contributed by atoms with Gasteiger partial charge in [0.15, 0.2) is 10.7 Å². The van der Waals surface area contributed by atoms with Crippen molar-refractivity contribution in [2.24, 2.45) is 5.92 Å². The highest BCUT2D eigenvalue weighted by molar-refractivity contribution is 9.10. The molecule has 140 valence electrons. The lowest BCUT2D eigenvalue weighted by Crippen LogP contribution is -2.18. The Morgan fingerprint density at radius 1 is 1.44 bits per heavy atom. The summed E-state index contributed by atoms with van der Waals surface area (Å²) in [7, 11) is 0. The third kappa shape index (κ3) is 3.17. The van der Waals surface area contributed by atoms with Crippen molar-refractivity contribution in [3.05, 3.63) is 49.0 Å². The van der Waals surface area contributed by atoms with Gasteiger partial charge in [-0.05, 0) is 29.3 Å². The van der Waals surface area contributed by atoms with Gasteiger partial charge in [0.25, 0.3) is 5.56 Å². The Bertz CT molecular complexity index is 1160. The standard InChI is InChI=1S/C16H11BrF3N5OS/c1-7-14(10-2-8(10)5-21)25-13(26)3-9(22-15(25)27-7)6-24-12(17)4-11(23-24)16(18,19)20/h3-4,8,10H,2,6H2,1H3. The molecule has 27 heavy (non-hydrogen) atoms. The van der Waals surface area contributed by atoms with E-state index in [0.29, 0.717) is 10.7 Å². The molecule has 0 spiro atoms. The van der Waals surface area contributed by atoms with Crippen LogP contribution in [0.15, 0.2) is 21.5 Å². The van der Waals surface area contributed by atoms with Gasteiger partial charge in [0.1, 0.15) is 4.60 Å². The van der Waals surface area contributed by atoms with Crippen LogP contribution in [0.2, 0.25) is 0 Å². The minimum absolute atomic E-state index is 0.0312. The van der Waals surface area contributed by atoms with E-state index in [1.807, 2.05) is 6.92 Å². The Kier molecular flexibility index (Phi) is 4.16. The number of hydrogen-bond donors (Lipinski definition) is 0. The van der Waals surface area contributed by atoms with Gasteiger partial charge >= 0.3 is 6.18 Å². The fraction of sp³-hybridized carbons (Fsp3) is 0.375. The smallest absolute Gasteiger partial charge is 0.269 e. The summed E-state index contributed by atoms with van der Waals surface area (Å²) in [5.74, 6) is -0.0578. The van der Waals surface area contributed by atoms with E-state index >= 15 is 0 Å². The zero-order valence-electron chi connectivity index (χ0n) is 13.8. The van der Waals surface area contributed by atoms with E-state index in [1.165, 1.54) is 21.8 Å². The van der Waals surface area contributed by atoms with Crippen molar-refractivity contribution in [3.8, 4) is 6.07 Å². The summed E-state index contributed by atoms with van der Waals surface area (Å²) in [6, 6.07) is 4.40. The maximum atomic E-state index is 12.8. The van der Waals surface area contributed by atoms with Gasteiger partial charge in [-0.3, -0.25) is 13.9 Å². The molecule has 0 amide bonds. The van der Waals surface area contributed by atoms with E-state index in [9.17, 15) is 18.0 Å². The van der Waals surface area contributed by atoms with Crippen LogP contribution in [0.5, 0.6) is 0 Å². The molecule has 0 aromatic carbocycles. The fourth-order valence-corrected chi connectivity index (χ4v) is 4.57. The number of nitrogens with zero attached hydrogens (tertiary/aromatic N) is 5.